The SMILES string of the molecule is CC(CCc1ccc(Cl)cc1)(Cn1ccnc1)Oc1ccc(Cl)c(C(F)(F)F)c1. The van der Waals surface area contributed by atoms with E-state index in [4.69, 9.17) is 27.9 Å². The third kappa shape index (κ3) is 5.90. The van der Waals surface area contributed by atoms with Gasteiger partial charge in [0.15, 0.2) is 0 Å². The number of hydrogen-bond acceptors (Lipinski definition) is 2. The first-order valence-corrected chi connectivity index (χ1v) is 9.66. The smallest absolute Gasteiger partial charge is 0.417 e. The number of imidazole rings is 1. The lowest BCUT2D eigenvalue weighted by Gasteiger charge is -2.32. The first kappa shape index (κ1) is 21.5. The molecule has 0 amide bonds. The van der Waals surface area contributed by atoms with Crippen LogP contribution < -0.4 is 4.74 Å². The Labute approximate surface area is 177 Å². The van der Waals surface area contributed by atoms with Gasteiger partial charge in [0.2, 0.25) is 0 Å². The number of halogens is 5. The van der Waals surface area contributed by atoms with Crippen LogP contribution in [0.25, 0.3) is 0 Å². The molecule has 0 aliphatic carbocycles. The van der Waals surface area contributed by atoms with Crippen molar-refractivity contribution >= 4 is 23.2 Å². The Morgan fingerprint density at radius 2 is 1.79 bits per heavy atom. The highest BCUT2D eigenvalue weighted by Gasteiger charge is 2.34. The average molecular weight is 443 g/mol. The van der Waals surface area contributed by atoms with Crippen LogP contribution in [0.2, 0.25) is 10.0 Å². The monoisotopic (exact) mass is 442 g/mol. The summed E-state index contributed by atoms with van der Waals surface area (Å²) in [5, 5.41) is 0.286. The predicted octanol–water partition coefficient (Wildman–Crippen LogP) is 6.68. The van der Waals surface area contributed by atoms with Gasteiger partial charge in [-0.15, -0.1) is 0 Å². The molecule has 29 heavy (non-hydrogen) atoms. The van der Waals surface area contributed by atoms with E-state index in [9.17, 15) is 13.2 Å². The first-order valence-electron chi connectivity index (χ1n) is 8.91. The van der Waals surface area contributed by atoms with Crippen molar-refractivity contribution in [2.45, 2.75) is 38.1 Å². The number of ether oxygens (including phenoxy) is 1. The van der Waals surface area contributed by atoms with Crippen molar-refractivity contribution < 1.29 is 17.9 Å². The summed E-state index contributed by atoms with van der Waals surface area (Å²) in [6.45, 7) is 2.29. The van der Waals surface area contributed by atoms with Gasteiger partial charge in [0.1, 0.15) is 11.4 Å². The minimum absolute atomic E-state index is 0.112. The van der Waals surface area contributed by atoms with Crippen LogP contribution in [0.15, 0.2) is 61.2 Å². The van der Waals surface area contributed by atoms with Gasteiger partial charge >= 0.3 is 6.18 Å². The van der Waals surface area contributed by atoms with E-state index in [1.807, 2.05) is 23.6 Å². The van der Waals surface area contributed by atoms with Crippen LogP contribution >= 0.6 is 23.2 Å². The molecular weight excluding hydrogens is 424 g/mol. The lowest BCUT2D eigenvalue weighted by atomic mass is 9.96. The molecule has 1 unspecified atom stereocenters. The van der Waals surface area contributed by atoms with E-state index >= 15 is 0 Å². The van der Waals surface area contributed by atoms with Crippen molar-refractivity contribution in [1.82, 2.24) is 9.55 Å². The van der Waals surface area contributed by atoms with Crippen LogP contribution in [0.4, 0.5) is 13.2 Å². The molecule has 0 saturated carbocycles. The molecule has 8 heteroatoms. The van der Waals surface area contributed by atoms with Crippen molar-refractivity contribution in [2.24, 2.45) is 0 Å². The van der Waals surface area contributed by atoms with Crippen molar-refractivity contribution in [2.75, 3.05) is 0 Å². The Morgan fingerprint density at radius 3 is 2.41 bits per heavy atom. The lowest BCUT2D eigenvalue weighted by molar-refractivity contribution is -0.137. The Bertz CT molecular complexity index is 944. The zero-order valence-corrected chi connectivity index (χ0v) is 17.1. The predicted molar refractivity (Wildman–Crippen MR) is 107 cm³/mol. The fraction of sp³-hybridized carbons (Fsp3) is 0.286. The molecule has 0 saturated heterocycles. The van der Waals surface area contributed by atoms with Gasteiger partial charge < -0.3 is 9.30 Å². The number of alkyl halides is 3. The second-order valence-corrected chi connectivity index (χ2v) is 7.90. The minimum Gasteiger partial charge on any atom is -0.486 e. The summed E-state index contributed by atoms with van der Waals surface area (Å²) in [6, 6.07) is 11.0. The molecule has 3 nitrogen and oxygen atoms in total. The third-order valence-corrected chi connectivity index (χ3v) is 5.12. The summed E-state index contributed by atoms with van der Waals surface area (Å²) in [5.74, 6) is 0.112. The molecule has 0 spiro atoms. The van der Waals surface area contributed by atoms with Gasteiger partial charge in [0.25, 0.3) is 0 Å². The molecule has 1 aromatic heterocycles. The number of rotatable bonds is 7. The van der Waals surface area contributed by atoms with Crippen LogP contribution in [-0.4, -0.2) is 15.2 Å². The topological polar surface area (TPSA) is 27.1 Å². The second kappa shape index (κ2) is 8.67. The normalized spacial score (nSPS) is 13.9. The van der Waals surface area contributed by atoms with E-state index in [0.29, 0.717) is 24.4 Å². The Hall–Kier alpha value is -2.18. The minimum atomic E-state index is -4.56. The number of aromatic nitrogens is 2. The summed E-state index contributed by atoms with van der Waals surface area (Å²) in [5.41, 5.74) is -0.641. The molecule has 1 atom stereocenters. The number of hydrogen-bond donors (Lipinski definition) is 0. The van der Waals surface area contributed by atoms with E-state index in [-0.39, 0.29) is 10.8 Å². The molecule has 1 heterocycles. The van der Waals surface area contributed by atoms with E-state index in [2.05, 4.69) is 4.98 Å². The summed E-state index contributed by atoms with van der Waals surface area (Å²) >= 11 is 11.7. The van der Waals surface area contributed by atoms with E-state index in [1.165, 1.54) is 12.1 Å². The summed E-state index contributed by atoms with van der Waals surface area (Å²) in [7, 11) is 0. The van der Waals surface area contributed by atoms with Crippen LogP contribution in [0.3, 0.4) is 0 Å². The fourth-order valence-corrected chi connectivity index (χ4v) is 3.41. The Kier molecular flexibility index (Phi) is 6.44. The zero-order chi connectivity index (χ0) is 21.1. The summed E-state index contributed by atoms with van der Waals surface area (Å²) in [4.78, 5) is 4.03. The quantitative estimate of drug-likeness (QED) is 0.407. The molecule has 0 fully saturated rings. The Morgan fingerprint density at radius 1 is 1.07 bits per heavy atom. The largest absolute Gasteiger partial charge is 0.486 e. The van der Waals surface area contributed by atoms with Gasteiger partial charge in [-0.25, -0.2) is 4.98 Å². The first-order chi connectivity index (χ1) is 13.6. The van der Waals surface area contributed by atoms with Gasteiger partial charge in [-0.1, -0.05) is 35.3 Å². The van der Waals surface area contributed by atoms with Crippen molar-refractivity contribution in [1.29, 1.82) is 0 Å². The molecular formula is C21H19Cl2F3N2O. The van der Waals surface area contributed by atoms with Crippen LogP contribution in [0.1, 0.15) is 24.5 Å². The molecule has 154 valence electrons. The average Bonchev–Trinajstić information content (AvgIpc) is 3.15. The van der Waals surface area contributed by atoms with E-state index < -0.39 is 17.3 Å². The highest BCUT2D eigenvalue weighted by atomic mass is 35.5. The van der Waals surface area contributed by atoms with E-state index in [0.717, 1.165) is 11.6 Å². The number of benzene rings is 2. The second-order valence-electron chi connectivity index (χ2n) is 7.05. The molecule has 0 radical (unpaired) electrons. The number of nitrogens with zero attached hydrogens (tertiary/aromatic N) is 2. The van der Waals surface area contributed by atoms with Gasteiger partial charge in [0, 0.05) is 17.4 Å². The maximum absolute atomic E-state index is 13.2. The third-order valence-electron chi connectivity index (χ3n) is 4.54. The molecule has 0 aliphatic rings. The molecule has 2 aromatic carbocycles. The molecule has 0 N–H and O–H groups in total. The molecule has 0 bridgehead atoms. The van der Waals surface area contributed by atoms with Crippen molar-refractivity contribution in [3.05, 3.63) is 82.4 Å². The van der Waals surface area contributed by atoms with E-state index in [1.54, 1.807) is 30.9 Å². The van der Waals surface area contributed by atoms with Crippen molar-refractivity contribution in [3.63, 3.8) is 0 Å². The highest BCUT2D eigenvalue weighted by molar-refractivity contribution is 6.31. The van der Waals surface area contributed by atoms with Crippen LogP contribution in [0, 0.1) is 0 Å². The highest BCUT2D eigenvalue weighted by Crippen LogP contribution is 2.38. The molecule has 3 aromatic rings. The fourth-order valence-electron chi connectivity index (χ4n) is 3.06. The van der Waals surface area contributed by atoms with Crippen LogP contribution in [0.5, 0.6) is 5.75 Å². The number of aryl methyl sites for hydroxylation is 1. The van der Waals surface area contributed by atoms with Gasteiger partial charge in [-0.2, -0.15) is 13.2 Å². The molecule has 0 aliphatic heterocycles. The lowest BCUT2D eigenvalue weighted by Crippen LogP contribution is -2.38. The Balaban J connectivity index is 1.84. The maximum atomic E-state index is 13.2. The summed E-state index contributed by atoms with van der Waals surface area (Å²) in [6.07, 6.45) is 1.75. The molecule has 3 rings (SSSR count). The van der Waals surface area contributed by atoms with Crippen molar-refractivity contribution in [3.8, 4) is 5.75 Å². The zero-order valence-electron chi connectivity index (χ0n) is 15.6. The maximum Gasteiger partial charge on any atom is 0.417 e. The van der Waals surface area contributed by atoms with Gasteiger partial charge in [-0.05, 0) is 55.7 Å². The summed E-state index contributed by atoms with van der Waals surface area (Å²) < 4.78 is 47.5. The van der Waals surface area contributed by atoms with Gasteiger partial charge in [0.05, 0.1) is 23.5 Å². The van der Waals surface area contributed by atoms with Crippen LogP contribution in [-0.2, 0) is 19.1 Å². The van der Waals surface area contributed by atoms with Gasteiger partial charge in [-0.3, -0.25) is 0 Å². The standard InChI is InChI=1S/C21H19Cl2F3N2O/c1-20(13-28-11-10-27-14-28,9-8-15-2-4-16(22)5-3-15)29-17-6-7-19(23)18(12-17)21(24,25)26/h2-7,10-12,14H,8-9,13H2,1H3.